The van der Waals surface area contributed by atoms with Crippen LogP contribution in [0.1, 0.15) is 37.7 Å². The molecule has 0 amide bonds. The van der Waals surface area contributed by atoms with Crippen LogP contribution in [0.2, 0.25) is 0 Å². The van der Waals surface area contributed by atoms with Gasteiger partial charge in [0.2, 0.25) is 0 Å². The molecule has 1 spiro atoms. The standard InChI is InChI=1S/C16H21BrN2S/c1-12-5-6-14(13(17)9-12)19-15-18-10-16(11-20-15)7-3-2-4-8-16/h5-6,9H,2-4,7-8,10-11H2,1H3,(H,18,19). The second-order valence-corrected chi connectivity index (χ2v) is 7.90. The first-order valence-electron chi connectivity index (χ1n) is 7.37. The molecular formula is C16H21BrN2S. The molecule has 0 bridgehead atoms. The maximum atomic E-state index is 4.81. The summed E-state index contributed by atoms with van der Waals surface area (Å²) >= 11 is 5.51. The van der Waals surface area contributed by atoms with Gasteiger partial charge in [-0.15, -0.1) is 0 Å². The Morgan fingerprint density at radius 1 is 1.25 bits per heavy atom. The molecule has 0 atom stereocenters. The minimum absolute atomic E-state index is 0.499. The van der Waals surface area contributed by atoms with Crippen LogP contribution in [-0.4, -0.2) is 17.5 Å². The van der Waals surface area contributed by atoms with E-state index >= 15 is 0 Å². The van der Waals surface area contributed by atoms with E-state index in [1.165, 1.54) is 43.4 Å². The fraction of sp³-hybridized carbons (Fsp3) is 0.562. The number of thioether (sulfide) groups is 1. The van der Waals surface area contributed by atoms with E-state index < -0.39 is 0 Å². The zero-order valence-electron chi connectivity index (χ0n) is 11.9. The average molecular weight is 353 g/mol. The van der Waals surface area contributed by atoms with Crippen LogP contribution in [0, 0.1) is 12.3 Å². The highest BCUT2D eigenvalue weighted by Crippen LogP contribution is 2.42. The molecule has 1 aromatic carbocycles. The normalized spacial score (nSPS) is 21.6. The Balaban J connectivity index is 1.67. The number of aliphatic imine (C=N–C) groups is 1. The SMILES string of the molecule is Cc1ccc(NC2=NCC3(CCCCC3)CS2)c(Br)c1. The predicted molar refractivity (Wildman–Crippen MR) is 92.8 cm³/mol. The van der Waals surface area contributed by atoms with Crippen molar-refractivity contribution >= 4 is 38.5 Å². The maximum Gasteiger partial charge on any atom is 0.161 e. The third-order valence-electron chi connectivity index (χ3n) is 4.35. The van der Waals surface area contributed by atoms with Crippen LogP contribution in [0.25, 0.3) is 0 Å². The molecule has 2 aliphatic rings. The molecule has 1 aliphatic heterocycles. The first-order valence-corrected chi connectivity index (χ1v) is 9.15. The monoisotopic (exact) mass is 352 g/mol. The fourth-order valence-corrected chi connectivity index (χ4v) is 4.82. The number of amidine groups is 1. The van der Waals surface area contributed by atoms with Gasteiger partial charge < -0.3 is 5.32 Å². The molecule has 1 fully saturated rings. The second-order valence-electron chi connectivity index (χ2n) is 6.08. The van der Waals surface area contributed by atoms with E-state index in [0.717, 1.165) is 21.9 Å². The van der Waals surface area contributed by atoms with Gasteiger partial charge in [-0.3, -0.25) is 4.99 Å². The van der Waals surface area contributed by atoms with Gasteiger partial charge in [0.25, 0.3) is 0 Å². The summed E-state index contributed by atoms with van der Waals surface area (Å²) in [5.41, 5.74) is 2.88. The first kappa shape index (κ1) is 14.5. The predicted octanol–water partition coefficient (Wildman–Crippen LogP) is 5.22. The van der Waals surface area contributed by atoms with E-state index in [9.17, 15) is 0 Å². The minimum atomic E-state index is 0.499. The summed E-state index contributed by atoms with van der Waals surface area (Å²) in [6.07, 6.45) is 6.93. The molecule has 0 radical (unpaired) electrons. The zero-order chi connectivity index (χ0) is 14.0. The van der Waals surface area contributed by atoms with Crippen LogP contribution in [0.5, 0.6) is 0 Å². The number of nitrogens with zero attached hydrogens (tertiary/aromatic N) is 1. The number of rotatable bonds is 1. The number of hydrogen-bond donors (Lipinski definition) is 1. The third kappa shape index (κ3) is 3.22. The number of halogens is 1. The summed E-state index contributed by atoms with van der Waals surface area (Å²) in [5.74, 6) is 1.22. The molecule has 1 N–H and O–H groups in total. The van der Waals surface area contributed by atoms with E-state index in [1.807, 2.05) is 11.8 Å². The van der Waals surface area contributed by atoms with E-state index in [-0.39, 0.29) is 0 Å². The molecule has 3 rings (SSSR count). The first-order chi connectivity index (χ1) is 9.67. The van der Waals surface area contributed by atoms with Gasteiger partial charge in [0.15, 0.2) is 5.17 Å². The second kappa shape index (κ2) is 6.10. The van der Waals surface area contributed by atoms with Crippen molar-refractivity contribution in [3.05, 3.63) is 28.2 Å². The van der Waals surface area contributed by atoms with Crippen LogP contribution >= 0.6 is 27.7 Å². The Kier molecular flexibility index (Phi) is 4.41. The summed E-state index contributed by atoms with van der Waals surface area (Å²) in [6.45, 7) is 3.11. The zero-order valence-corrected chi connectivity index (χ0v) is 14.3. The van der Waals surface area contributed by atoms with Gasteiger partial charge in [0.05, 0.1) is 5.69 Å². The Bertz CT molecular complexity index is 521. The highest BCUT2D eigenvalue weighted by atomic mass is 79.9. The number of hydrogen-bond acceptors (Lipinski definition) is 3. The smallest absolute Gasteiger partial charge is 0.161 e. The van der Waals surface area contributed by atoms with Gasteiger partial charge in [-0.1, -0.05) is 37.1 Å². The lowest BCUT2D eigenvalue weighted by atomic mass is 9.75. The Hall–Kier alpha value is -0.480. The molecule has 108 valence electrons. The fourth-order valence-electron chi connectivity index (χ4n) is 3.07. The Morgan fingerprint density at radius 3 is 2.70 bits per heavy atom. The molecule has 0 saturated heterocycles. The van der Waals surface area contributed by atoms with Crippen molar-refractivity contribution < 1.29 is 0 Å². The van der Waals surface area contributed by atoms with Gasteiger partial charge in [-0.25, -0.2) is 0 Å². The van der Waals surface area contributed by atoms with Gasteiger partial charge in [0, 0.05) is 16.8 Å². The van der Waals surface area contributed by atoms with Crippen molar-refractivity contribution in [2.24, 2.45) is 10.4 Å². The molecule has 20 heavy (non-hydrogen) atoms. The van der Waals surface area contributed by atoms with Crippen molar-refractivity contribution in [2.45, 2.75) is 39.0 Å². The lowest BCUT2D eigenvalue weighted by molar-refractivity contribution is 0.232. The average Bonchev–Trinajstić information content (AvgIpc) is 2.45. The molecule has 2 nitrogen and oxygen atoms in total. The molecular weight excluding hydrogens is 332 g/mol. The number of benzene rings is 1. The molecule has 0 aromatic heterocycles. The molecule has 1 saturated carbocycles. The van der Waals surface area contributed by atoms with Crippen LogP contribution in [0.3, 0.4) is 0 Å². The lowest BCUT2D eigenvalue weighted by Gasteiger charge is -2.38. The van der Waals surface area contributed by atoms with E-state index in [4.69, 9.17) is 4.99 Å². The summed E-state index contributed by atoms with van der Waals surface area (Å²) < 4.78 is 1.11. The van der Waals surface area contributed by atoms with Crippen molar-refractivity contribution in [3.63, 3.8) is 0 Å². The highest BCUT2D eigenvalue weighted by Gasteiger charge is 2.34. The highest BCUT2D eigenvalue weighted by molar-refractivity contribution is 9.10. The molecule has 4 heteroatoms. The van der Waals surface area contributed by atoms with E-state index in [0.29, 0.717) is 5.41 Å². The van der Waals surface area contributed by atoms with Crippen LogP contribution in [0.4, 0.5) is 5.69 Å². The Labute approximate surface area is 134 Å². The van der Waals surface area contributed by atoms with Crippen LogP contribution in [0.15, 0.2) is 27.7 Å². The van der Waals surface area contributed by atoms with Gasteiger partial charge in [0.1, 0.15) is 0 Å². The molecule has 1 aromatic rings. The number of anilines is 1. The van der Waals surface area contributed by atoms with E-state index in [2.05, 4.69) is 46.4 Å². The summed E-state index contributed by atoms with van der Waals surface area (Å²) in [6, 6.07) is 6.39. The van der Waals surface area contributed by atoms with E-state index in [1.54, 1.807) is 0 Å². The lowest BCUT2D eigenvalue weighted by Crippen LogP contribution is -2.35. The molecule has 1 heterocycles. The number of aryl methyl sites for hydroxylation is 1. The van der Waals surface area contributed by atoms with Gasteiger partial charge in [-0.2, -0.15) is 0 Å². The third-order valence-corrected chi connectivity index (χ3v) is 6.27. The molecule has 0 unspecified atom stereocenters. The largest absolute Gasteiger partial charge is 0.334 e. The summed E-state index contributed by atoms with van der Waals surface area (Å²) in [5, 5.41) is 4.54. The quantitative estimate of drug-likeness (QED) is 0.748. The summed E-state index contributed by atoms with van der Waals surface area (Å²) in [7, 11) is 0. The molecule has 1 aliphatic carbocycles. The van der Waals surface area contributed by atoms with Crippen molar-refractivity contribution in [1.82, 2.24) is 0 Å². The van der Waals surface area contributed by atoms with Crippen molar-refractivity contribution in [3.8, 4) is 0 Å². The van der Waals surface area contributed by atoms with Gasteiger partial charge >= 0.3 is 0 Å². The minimum Gasteiger partial charge on any atom is -0.334 e. The Morgan fingerprint density at radius 2 is 2.05 bits per heavy atom. The van der Waals surface area contributed by atoms with Crippen LogP contribution in [-0.2, 0) is 0 Å². The summed E-state index contributed by atoms with van der Waals surface area (Å²) in [4.78, 5) is 4.81. The van der Waals surface area contributed by atoms with Gasteiger partial charge in [-0.05, 0) is 58.8 Å². The maximum absolute atomic E-state index is 4.81. The topological polar surface area (TPSA) is 24.4 Å². The number of nitrogens with one attached hydrogen (secondary N) is 1. The van der Waals surface area contributed by atoms with Crippen LogP contribution < -0.4 is 5.32 Å². The van der Waals surface area contributed by atoms with Crippen molar-refractivity contribution in [1.29, 1.82) is 0 Å². The van der Waals surface area contributed by atoms with Crippen molar-refractivity contribution in [2.75, 3.05) is 17.6 Å².